The molecule has 4 nitrogen and oxygen atoms in total. The number of hydrogen-bond donors (Lipinski definition) is 2. The lowest BCUT2D eigenvalue weighted by Gasteiger charge is -2.31. The van der Waals surface area contributed by atoms with E-state index in [9.17, 15) is 4.79 Å². The predicted molar refractivity (Wildman–Crippen MR) is 75.6 cm³/mol. The first-order valence-electron chi connectivity index (χ1n) is 7.22. The van der Waals surface area contributed by atoms with Crippen molar-refractivity contribution in [2.45, 2.75) is 52.1 Å². The molecule has 2 atom stereocenters. The van der Waals surface area contributed by atoms with E-state index >= 15 is 0 Å². The fourth-order valence-electron chi connectivity index (χ4n) is 2.36. The van der Waals surface area contributed by atoms with Gasteiger partial charge in [0.2, 0.25) is 5.91 Å². The highest BCUT2D eigenvalue weighted by atomic mass is 16.2. The minimum Gasteiger partial charge on any atom is -0.354 e. The number of carbonyl (C=O) groups is 1. The van der Waals surface area contributed by atoms with Crippen molar-refractivity contribution < 1.29 is 4.79 Å². The van der Waals surface area contributed by atoms with Crippen LogP contribution in [0.15, 0.2) is 0 Å². The molecule has 0 saturated carbocycles. The molecule has 1 heterocycles. The summed E-state index contributed by atoms with van der Waals surface area (Å²) in [6.45, 7) is 9.18. The molecule has 1 rings (SSSR count). The Morgan fingerprint density at radius 2 is 2.06 bits per heavy atom. The molecule has 1 aliphatic rings. The van der Waals surface area contributed by atoms with Gasteiger partial charge in [0.15, 0.2) is 0 Å². The van der Waals surface area contributed by atoms with Gasteiger partial charge in [-0.05, 0) is 52.2 Å². The Balaban J connectivity index is 2.42. The van der Waals surface area contributed by atoms with Crippen LogP contribution in [0.3, 0.4) is 0 Å². The molecule has 0 spiro atoms. The third kappa shape index (κ3) is 4.94. The molecule has 2 N–H and O–H groups in total. The Labute approximate surface area is 111 Å². The molecular formula is C14H29N3O. The number of amides is 1. The summed E-state index contributed by atoms with van der Waals surface area (Å²) in [6, 6.07) is 0.492. The second-order valence-corrected chi connectivity index (χ2v) is 5.82. The van der Waals surface area contributed by atoms with E-state index in [4.69, 9.17) is 0 Å². The fourth-order valence-corrected chi connectivity index (χ4v) is 2.36. The van der Waals surface area contributed by atoms with E-state index in [-0.39, 0.29) is 11.9 Å². The molecule has 1 aliphatic heterocycles. The van der Waals surface area contributed by atoms with Gasteiger partial charge in [-0.2, -0.15) is 0 Å². The lowest BCUT2D eigenvalue weighted by Crippen LogP contribution is -2.48. The average molecular weight is 255 g/mol. The van der Waals surface area contributed by atoms with Gasteiger partial charge in [0.25, 0.3) is 0 Å². The van der Waals surface area contributed by atoms with Crippen molar-refractivity contribution in [1.29, 1.82) is 0 Å². The first kappa shape index (κ1) is 15.4. The van der Waals surface area contributed by atoms with E-state index in [0.717, 1.165) is 26.1 Å². The molecule has 0 aromatic rings. The minimum absolute atomic E-state index is 0.0353. The van der Waals surface area contributed by atoms with Crippen LogP contribution in [0.2, 0.25) is 0 Å². The molecule has 2 unspecified atom stereocenters. The maximum absolute atomic E-state index is 12.0. The summed E-state index contributed by atoms with van der Waals surface area (Å²) >= 11 is 0. The van der Waals surface area contributed by atoms with Crippen LogP contribution in [-0.2, 0) is 4.79 Å². The van der Waals surface area contributed by atoms with Crippen molar-refractivity contribution in [2.75, 3.05) is 26.7 Å². The van der Waals surface area contributed by atoms with Crippen molar-refractivity contribution in [3.05, 3.63) is 0 Å². The van der Waals surface area contributed by atoms with Crippen molar-refractivity contribution in [3.63, 3.8) is 0 Å². The molecule has 0 aliphatic carbocycles. The van der Waals surface area contributed by atoms with E-state index in [2.05, 4.69) is 36.4 Å². The van der Waals surface area contributed by atoms with Crippen molar-refractivity contribution in [1.82, 2.24) is 15.5 Å². The van der Waals surface area contributed by atoms with E-state index in [1.807, 2.05) is 6.92 Å². The molecule has 1 amide bonds. The molecule has 1 fully saturated rings. The zero-order valence-corrected chi connectivity index (χ0v) is 12.3. The van der Waals surface area contributed by atoms with E-state index < -0.39 is 0 Å². The number of rotatable bonds is 5. The van der Waals surface area contributed by atoms with Gasteiger partial charge in [0, 0.05) is 12.6 Å². The van der Waals surface area contributed by atoms with Gasteiger partial charge >= 0.3 is 0 Å². The maximum atomic E-state index is 12.0. The van der Waals surface area contributed by atoms with Crippen LogP contribution in [0, 0.1) is 5.92 Å². The van der Waals surface area contributed by atoms with Crippen LogP contribution in [-0.4, -0.2) is 49.6 Å². The van der Waals surface area contributed by atoms with Crippen molar-refractivity contribution in [3.8, 4) is 0 Å². The Morgan fingerprint density at radius 1 is 1.33 bits per heavy atom. The fraction of sp³-hybridized carbons (Fsp3) is 0.929. The molecular weight excluding hydrogens is 226 g/mol. The summed E-state index contributed by atoms with van der Waals surface area (Å²) in [6.07, 6.45) is 3.53. The Hall–Kier alpha value is -0.610. The Bertz CT molecular complexity index is 247. The van der Waals surface area contributed by atoms with Crippen LogP contribution < -0.4 is 10.6 Å². The standard InChI is InChI=1S/C14H29N3O/c1-11(2)10-16-14(18)12(3)17(4)13-6-5-8-15-9-7-13/h11-13,15H,5-10H2,1-4H3,(H,16,18). The highest BCUT2D eigenvalue weighted by Crippen LogP contribution is 2.14. The van der Waals surface area contributed by atoms with Crippen LogP contribution in [0.5, 0.6) is 0 Å². The summed E-state index contributed by atoms with van der Waals surface area (Å²) in [5, 5.41) is 6.43. The number of hydrogen-bond acceptors (Lipinski definition) is 3. The van der Waals surface area contributed by atoms with Crippen LogP contribution in [0.25, 0.3) is 0 Å². The molecule has 0 aromatic carbocycles. The molecule has 1 saturated heterocycles. The van der Waals surface area contributed by atoms with Gasteiger partial charge in [-0.15, -0.1) is 0 Å². The zero-order chi connectivity index (χ0) is 13.5. The van der Waals surface area contributed by atoms with Crippen LogP contribution >= 0.6 is 0 Å². The summed E-state index contributed by atoms with van der Waals surface area (Å²) in [7, 11) is 2.08. The van der Waals surface area contributed by atoms with Gasteiger partial charge in [-0.1, -0.05) is 13.8 Å². The molecule has 0 bridgehead atoms. The highest BCUT2D eigenvalue weighted by molar-refractivity contribution is 5.81. The largest absolute Gasteiger partial charge is 0.354 e. The smallest absolute Gasteiger partial charge is 0.237 e. The number of nitrogens with zero attached hydrogens (tertiary/aromatic N) is 1. The monoisotopic (exact) mass is 255 g/mol. The zero-order valence-electron chi connectivity index (χ0n) is 12.3. The lowest BCUT2D eigenvalue weighted by atomic mass is 10.1. The maximum Gasteiger partial charge on any atom is 0.237 e. The molecule has 18 heavy (non-hydrogen) atoms. The van der Waals surface area contributed by atoms with Crippen LogP contribution in [0.4, 0.5) is 0 Å². The first-order chi connectivity index (χ1) is 8.52. The van der Waals surface area contributed by atoms with Gasteiger partial charge in [0.1, 0.15) is 0 Å². The SMILES string of the molecule is CC(C)CNC(=O)C(C)N(C)C1CCCNCC1. The van der Waals surface area contributed by atoms with Gasteiger partial charge in [-0.3, -0.25) is 9.69 Å². The minimum atomic E-state index is -0.0353. The van der Waals surface area contributed by atoms with Crippen LogP contribution in [0.1, 0.15) is 40.0 Å². The Morgan fingerprint density at radius 3 is 2.72 bits per heavy atom. The summed E-state index contributed by atoms with van der Waals surface area (Å²) < 4.78 is 0. The lowest BCUT2D eigenvalue weighted by molar-refractivity contribution is -0.126. The van der Waals surface area contributed by atoms with Gasteiger partial charge in [-0.25, -0.2) is 0 Å². The average Bonchev–Trinajstić information content (AvgIpc) is 2.62. The summed E-state index contributed by atoms with van der Waals surface area (Å²) in [5.74, 6) is 0.664. The van der Waals surface area contributed by atoms with Gasteiger partial charge < -0.3 is 10.6 Å². The third-order valence-corrected chi connectivity index (χ3v) is 3.80. The van der Waals surface area contributed by atoms with Gasteiger partial charge in [0.05, 0.1) is 6.04 Å². The quantitative estimate of drug-likeness (QED) is 0.776. The number of likely N-dealkylation sites (N-methyl/N-ethyl adjacent to an activating group) is 1. The second-order valence-electron chi connectivity index (χ2n) is 5.82. The normalized spacial score (nSPS) is 22.9. The number of nitrogens with one attached hydrogen (secondary N) is 2. The highest BCUT2D eigenvalue weighted by Gasteiger charge is 2.25. The molecule has 0 radical (unpaired) electrons. The molecule has 4 heteroatoms. The number of carbonyl (C=O) groups excluding carboxylic acids is 1. The first-order valence-corrected chi connectivity index (χ1v) is 7.22. The summed E-state index contributed by atoms with van der Waals surface area (Å²) in [5.41, 5.74) is 0. The third-order valence-electron chi connectivity index (χ3n) is 3.80. The Kier molecular flexibility index (Phi) is 6.65. The van der Waals surface area contributed by atoms with Crippen molar-refractivity contribution >= 4 is 5.91 Å². The van der Waals surface area contributed by atoms with Crippen molar-refractivity contribution in [2.24, 2.45) is 5.92 Å². The molecule has 0 aromatic heterocycles. The van der Waals surface area contributed by atoms with E-state index in [1.54, 1.807) is 0 Å². The predicted octanol–water partition coefficient (Wildman–Crippen LogP) is 1.22. The van der Waals surface area contributed by atoms with E-state index in [0.29, 0.717) is 12.0 Å². The summed E-state index contributed by atoms with van der Waals surface area (Å²) in [4.78, 5) is 14.3. The van der Waals surface area contributed by atoms with E-state index in [1.165, 1.54) is 12.8 Å². The topological polar surface area (TPSA) is 44.4 Å². The molecule has 106 valence electrons. The second kappa shape index (κ2) is 7.74.